The molecule has 1 aromatic heterocycles. The van der Waals surface area contributed by atoms with Crippen molar-refractivity contribution in [3.8, 4) is 0 Å². The molecule has 4 nitrogen and oxygen atoms in total. The molecule has 0 spiro atoms. The van der Waals surface area contributed by atoms with Crippen molar-refractivity contribution in [2.24, 2.45) is 0 Å². The average molecular weight is 275 g/mol. The number of anilines is 1. The zero-order valence-corrected chi connectivity index (χ0v) is 12.8. The van der Waals surface area contributed by atoms with Gasteiger partial charge in [0.15, 0.2) is 0 Å². The van der Waals surface area contributed by atoms with Crippen LogP contribution in [0.4, 0.5) is 5.82 Å². The molecule has 1 unspecified atom stereocenters. The summed E-state index contributed by atoms with van der Waals surface area (Å²) in [6, 6.07) is 4.42. The zero-order chi connectivity index (χ0) is 14.5. The van der Waals surface area contributed by atoms with Crippen LogP contribution in [0.3, 0.4) is 0 Å². The first-order valence-corrected chi connectivity index (χ1v) is 7.65. The Balaban J connectivity index is 2.17. The van der Waals surface area contributed by atoms with Crippen molar-refractivity contribution in [1.29, 1.82) is 0 Å². The molecule has 0 radical (unpaired) electrons. The number of hydrogen-bond donors (Lipinski definition) is 0. The van der Waals surface area contributed by atoms with Crippen LogP contribution in [0.2, 0.25) is 0 Å². The van der Waals surface area contributed by atoms with Crippen LogP contribution >= 0.6 is 0 Å². The number of hydrogen-bond acceptors (Lipinski definition) is 3. The SMILES string of the molecule is CCN(CC)c1ccc(C2CCCCN2C(C)=O)cn1. The first-order chi connectivity index (χ1) is 9.67. The van der Waals surface area contributed by atoms with Gasteiger partial charge in [-0.3, -0.25) is 4.79 Å². The van der Waals surface area contributed by atoms with Crippen molar-refractivity contribution < 1.29 is 4.79 Å². The predicted molar refractivity (Wildman–Crippen MR) is 81.8 cm³/mol. The van der Waals surface area contributed by atoms with Crippen LogP contribution in [0.15, 0.2) is 18.3 Å². The van der Waals surface area contributed by atoms with Crippen LogP contribution in [0.5, 0.6) is 0 Å². The Bertz CT molecular complexity index is 440. The second kappa shape index (κ2) is 6.73. The van der Waals surface area contributed by atoms with Crippen LogP contribution in [0, 0.1) is 0 Å². The van der Waals surface area contributed by atoms with Gasteiger partial charge in [-0.15, -0.1) is 0 Å². The van der Waals surface area contributed by atoms with Gasteiger partial charge in [-0.25, -0.2) is 4.98 Å². The lowest BCUT2D eigenvalue weighted by Gasteiger charge is -2.35. The van der Waals surface area contributed by atoms with E-state index in [9.17, 15) is 4.79 Å². The van der Waals surface area contributed by atoms with E-state index in [4.69, 9.17) is 0 Å². The monoisotopic (exact) mass is 275 g/mol. The van der Waals surface area contributed by atoms with E-state index < -0.39 is 0 Å². The summed E-state index contributed by atoms with van der Waals surface area (Å²) in [5.41, 5.74) is 1.16. The number of aromatic nitrogens is 1. The number of rotatable bonds is 4. The summed E-state index contributed by atoms with van der Waals surface area (Å²) in [6.45, 7) is 8.74. The summed E-state index contributed by atoms with van der Waals surface area (Å²) in [7, 11) is 0. The minimum Gasteiger partial charge on any atom is -0.357 e. The Labute approximate surface area is 121 Å². The molecule has 0 aromatic carbocycles. The Morgan fingerprint density at radius 2 is 2.10 bits per heavy atom. The number of pyridine rings is 1. The predicted octanol–water partition coefficient (Wildman–Crippen LogP) is 3.00. The molecular weight excluding hydrogens is 250 g/mol. The van der Waals surface area contributed by atoms with Gasteiger partial charge in [0.25, 0.3) is 0 Å². The average Bonchev–Trinajstić information content (AvgIpc) is 2.49. The van der Waals surface area contributed by atoms with Gasteiger partial charge >= 0.3 is 0 Å². The molecule has 0 saturated carbocycles. The molecule has 1 fully saturated rings. The minimum atomic E-state index is 0.169. The first-order valence-electron chi connectivity index (χ1n) is 7.65. The van der Waals surface area contributed by atoms with Crippen molar-refractivity contribution in [3.63, 3.8) is 0 Å². The lowest BCUT2D eigenvalue weighted by molar-refractivity contribution is -0.132. The summed E-state index contributed by atoms with van der Waals surface area (Å²) < 4.78 is 0. The van der Waals surface area contributed by atoms with E-state index in [2.05, 4.69) is 35.9 Å². The van der Waals surface area contributed by atoms with Crippen molar-refractivity contribution in [3.05, 3.63) is 23.9 Å². The Hall–Kier alpha value is -1.58. The van der Waals surface area contributed by atoms with E-state index >= 15 is 0 Å². The molecule has 0 N–H and O–H groups in total. The lowest BCUT2D eigenvalue weighted by atomic mass is 9.96. The molecule has 110 valence electrons. The highest BCUT2D eigenvalue weighted by molar-refractivity contribution is 5.74. The topological polar surface area (TPSA) is 36.4 Å². The molecule has 1 atom stereocenters. The second-order valence-corrected chi connectivity index (χ2v) is 5.35. The van der Waals surface area contributed by atoms with Gasteiger partial charge < -0.3 is 9.80 Å². The van der Waals surface area contributed by atoms with Crippen molar-refractivity contribution in [2.75, 3.05) is 24.5 Å². The summed E-state index contributed by atoms with van der Waals surface area (Å²) in [4.78, 5) is 20.5. The summed E-state index contributed by atoms with van der Waals surface area (Å²) >= 11 is 0. The highest BCUT2D eigenvalue weighted by Crippen LogP contribution is 2.31. The highest BCUT2D eigenvalue weighted by Gasteiger charge is 2.26. The number of nitrogens with zero attached hydrogens (tertiary/aromatic N) is 3. The Morgan fingerprint density at radius 3 is 2.65 bits per heavy atom. The third-order valence-corrected chi connectivity index (χ3v) is 4.15. The molecule has 1 aliphatic rings. The standard InChI is InChI=1S/C16H25N3O/c1-4-18(5-2)16-10-9-14(12-17-16)15-8-6-7-11-19(15)13(3)20/h9-10,12,15H,4-8,11H2,1-3H3. The van der Waals surface area contributed by atoms with Gasteiger partial charge in [0.05, 0.1) is 6.04 Å². The molecule has 1 saturated heterocycles. The second-order valence-electron chi connectivity index (χ2n) is 5.35. The molecule has 4 heteroatoms. The first kappa shape index (κ1) is 14.8. The van der Waals surface area contributed by atoms with Crippen molar-refractivity contribution in [2.45, 2.75) is 46.1 Å². The number of likely N-dealkylation sites (tertiary alicyclic amines) is 1. The maximum Gasteiger partial charge on any atom is 0.219 e. The minimum absolute atomic E-state index is 0.169. The molecule has 0 aliphatic carbocycles. The fourth-order valence-corrected chi connectivity index (χ4v) is 2.98. The van der Waals surface area contributed by atoms with E-state index in [1.54, 1.807) is 6.92 Å². The fourth-order valence-electron chi connectivity index (χ4n) is 2.98. The van der Waals surface area contributed by atoms with Crippen LogP contribution < -0.4 is 4.90 Å². The summed E-state index contributed by atoms with van der Waals surface area (Å²) in [5, 5.41) is 0. The summed E-state index contributed by atoms with van der Waals surface area (Å²) in [6.07, 6.45) is 5.29. The van der Waals surface area contributed by atoms with Gasteiger partial charge in [-0.2, -0.15) is 0 Å². The number of carbonyl (C=O) groups is 1. The molecule has 2 heterocycles. The molecule has 1 amide bonds. The Kier molecular flexibility index (Phi) is 4.99. The van der Waals surface area contributed by atoms with Crippen LogP contribution in [0.25, 0.3) is 0 Å². The molecule has 20 heavy (non-hydrogen) atoms. The van der Waals surface area contributed by atoms with Gasteiger partial charge in [0.1, 0.15) is 5.82 Å². The normalized spacial score (nSPS) is 18.9. The maximum absolute atomic E-state index is 11.7. The number of piperidine rings is 1. The Morgan fingerprint density at radius 1 is 1.35 bits per heavy atom. The molecule has 1 aliphatic heterocycles. The van der Waals surface area contributed by atoms with Gasteiger partial charge in [0, 0.05) is 32.8 Å². The van der Waals surface area contributed by atoms with E-state index in [1.165, 1.54) is 6.42 Å². The molecular formula is C16H25N3O. The smallest absolute Gasteiger partial charge is 0.219 e. The van der Waals surface area contributed by atoms with E-state index in [1.807, 2.05) is 11.1 Å². The third-order valence-electron chi connectivity index (χ3n) is 4.15. The fraction of sp³-hybridized carbons (Fsp3) is 0.625. The van der Waals surface area contributed by atoms with Gasteiger partial charge in [-0.1, -0.05) is 6.07 Å². The van der Waals surface area contributed by atoms with Crippen molar-refractivity contribution in [1.82, 2.24) is 9.88 Å². The number of carbonyl (C=O) groups excluding carboxylic acids is 1. The molecule has 0 bridgehead atoms. The third kappa shape index (κ3) is 3.11. The van der Waals surface area contributed by atoms with E-state index in [0.717, 1.165) is 43.9 Å². The van der Waals surface area contributed by atoms with Crippen molar-refractivity contribution >= 4 is 11.7 Å². The van der Waals surface area contributed by atoms with E-state index in [0.29, 0.717) is 0 Å². The van der Waals surface area contributed by atoms with Gasteiger partial charge in [0.2, 0.25) is 5.91 Å². The van der Waals surface area contributed by atoms with E-state index in [-0.39, 0.29) is 11.9 Å². The van der Waals surface area contributed by atoms with Gasteiger partial charge in [-0.05, 0) is 44.7 Å². The quantitative estimate of drug-likeness (QED) is 0.847. The largest absolute Gasteiger partial charge is 0.357 e. The van der Waals surface area contributed by atoms with Crippen LogP contribution in [-0.2, 0) is 4.79 Å². The lowest BCUT2D eigenvalue weighted by Crippen LogP contribution is -2.37. The van der Waals surface area contributed by atoms with Crippen LogP contribution in [0.1, 0.15) is 51.6 Å². The summed E-state index contributed by atoms with van der Waals surface area (Å²) in [5.74, 6) is 1.19. The zero-order valence-electron chi connectivity index (χ0n) is 12.8. The number of amides is 1. The molecule has 2 rings (SSSR count). The maximum atomic E-state index is 11.7. The molecule has 1 aromatic rings. The highest BCUT2D eigenvalue weighted by atomic mass is 16.2. The van der Waals surface area contributed by atoms with Crippen LogP contribution in [-0.4, -0.2) is 35.4 Å².